The van der Waals surface area contributed by atoms with E-state index in [0.29, 0.717) is 16.5 Å². The highest BCUT2D eigenvalue weighted by atomic mass is 35.5. The van der Waals surface area contributed by atoms with E-state index in [2.05, 4.69) is 10.1 Å². The van der Waals surface area contributed by atoms with Crippen molar-refractivity contribution < 1.29 is 9.13 Å². The molecule has 3 aromatic rings. The molecule has 1 aromatic heterocycles. The lowest BCUT2D eigenvalue weighted by Gasteiger charge is -2.09. The lowest BCUT2D eigenvalue weighted by molar-refractivity contribution is 0.475. The molecule has 1 heterocycles. The predicted molar refractivity (Wildman–Crippen MR) is 92.3 cm³/mol. The van der Waals surface area contributed by atoms with Gasteiger partial charge in [-0.25, -0.2) is 14.1 Å². The molecule has 2 aromatic carbocycles. The Morgan fingerprint density at radius 2 is 2.00 bits per heavy atom. The summed E-state index contributed by atoms with van der Waals surface area (Å²) in [7, 11) is 0. The van der Waals surface area contributed by atoms with Gasteiger partial charge in [0.05, 0.1) is 23.7 Å². The molecule has 0 fully saturated rings. The van der Waals surface area contributed by atoms with Crippen LogP contribution in [-0.2, 0) is 0 Å². The van der Waals surface area contributed by atoms with Crippen LogP contribution in [0.5, 0.6) is 11.5 Å². The van der Waals surface area contributed by atoms with Gasteiger partial charge in [-0.2, -0.15) is 5.10 Å². The summed E-state index contributed by atoms with van der Waals surface area (Å²) in [6.45, 7) is 1.79. The monoisotopic (exact) mass is 344 g/mol. The maximum atomic E-state index is 14.2. The third-order valence-corrected chi connectivity index (χ3v) is 3.45. The number of aryl methyl sites for hydroxylation is 1. The molecule has 0 atom stereocenters. The molecule has 0 bridgehead atoms. The van der Waals surface area contributed by atoms with Crippen LogP contribution in [0.3, 0.4) is 0 Å². The van der Waals surface area contributed by atoms with Crippen molar-refractivity contribution in [2.75, 3.05) is 5.73 Å². The molecular weight excluding hydrogens is 331 g/mol. The van der Waals surface area contributed by atoms with Gasteiger partial charge in [-0.15, -0.1) is 0 Å². The Morgan fingerprint density at radius 1 is 1.25 bits per heavy atom. The average molecular weight is 345 g/mol. The zero-order valence-electron chi connectivity index (χ0n) is 12.8. The quantitative estimate of drug-likeness (QED) is 0.720. The summed E-state index contributed by atoms with van der Waals surface area (Å²) >= 11 is 5.85. The molecule has 0 saturated heterocycles. The highest BCUT2D eigenvalue weighted by Gasteiger charge is 2.09. The Balaban J connectivity index is 1.92. The Hall–Kier alpha value is -2.86. The first-order valence-corrected chi connectivity index (χ1v) is 7.48. The van der Waals surface area contributed by atoms with Crippen LogP contribution in [0, 0.1) is 12.7 Å². The maximum Gasteiger partial charge on any atom is 0.221 e. The summed E-state index contributed by atoms with van der Waals surface area (Å²) in [5.41, 5.74) is 6.64. The van der Waals surface area contributed by atoms with Crippen molar-refractivity contribution in [1.82, 2.24) is 9.66 Å². The summed E-state index contributed by atoms with van der Waals surface area (Å²) in [6.07, 6.45) is 2.99. The van der Waals surface area contributed by atoms with Crippen molar-refractivity contribution in [2.24, 2.45) is 5.10 Å². The van der Waals surface area contributed by atoms with E-state index in [0.717, 1.165) is 5.69 Å². The van der Waals surface area contributed by atoms with Crippen LogP contribution in [0.15, 0.2) is 53.8 Å². The minimum absolute atomic E-state index is 0.207. The van der Waals surface area contributed by atoms with E-state index in [1.54, 1.807) is 49.5 Å². The second kappa shape index (κ2) is 6.72. The summed E-state index contributed by atoms with van der Waals surface area (Å²) in [6, 6.07) is 11.3. The number of hydrogen-bond acceptors (Lipinski definition) is 4. The van der Waals surface area contributed by atoms with Gasteiger partial charge in [0.1, 0.15) is 17.3 Å². The van der Waals surface area contributed by atoms with E-state index in [4.69, 9.17) is 22.1 Å². The number of halogens is 2. The normalized spacial score (nSPS) is 11.1. The summed E-state index contributed by atoms with van der Waals surface area (Å²) in [5, 5.41) is 4.73. The summed E-state index contributed by atoms with van der Waals surface area (Å²) in [5.74, 6) is 0.634. The van der Waals surface area contributed by atoms with E-state index in [-0.39, 0.29) is 11.5 Å². The van der Waals surface area contributed by atoms with Gasteiger partial charge in [-0.1, -0.05) is 17.7 Å². The van der Waals surface area contributed by atoms with Crippen molar-refractivity contribution in [1.29, 1.82) is 0 Å². The van der Waals surface area contributed by atoms with Crippen molar-refractivity contribution in [3.63, 3.8) is 0 Å². The lowest BCUT2D eigenvalue weighted by Crippen LogP contribution is -1.99. The fourth-order valence-corrected chi connectivity index (χ4v) is 2.20. The average Bonchev–Trinajstić information content (AvgIpc) is 2.87. The molecule has 2 N–H and O–H groups in total. The van der Waals surface area contributed by atoms with Gasteiger partial charge in [-0.05, 0) is 43.3 Å². The highest BCUT2D eigenvalue weighted by molar-refractivity contribution is 6.30. The van der Waals surface area contributed by atoms with Gasteiger partial charge < -0.3 is 10.5 Å². The second-order valence-electron chi connectivity index (χ2n) is 5.04. The van der Waals surface area contributed by atoms with Crippen LogP contribution < -0.4 is 10.5 Å². The largest absolute Gasteiger partial charge is 0.457 e. The number of aromatic nitrogens is 2. The number of imidazole rings is 1. The molecule has 5 nitrogen and oxygen atoms in total. The third kappa shape index (κ3) is 3.55. The maximum absolute atomic E-state index is 14.2. The molecule has 122 valence electrons. The van der Waals surface area contributed by atoms with Gasteiger partial charge >= 0.3 is 0 Å². The first kappa shape index (κ1) is 16.0. The van der Waals surface area contributed by atoms with Gasteiger partial charge in [-0.3, -0.25) is 0 Å². The summed E-state index contributed by atoms with van der Waals surface area (Å²) < 4.78 is 21.3. The predicted octanol–water partition coefficient (Wildman–Crippen LogP) is 4.24. The third-order valence-electron chi connectivity index (χ3n) is 3.20. The van der Waals surface area contributed by atoms with Gasteiger partial charge in [0.2, 0.25) is 5.95 Å². The smallest absolute Gasteiger partial charge is 0.221 e. The molecule has 0 aliphatic heterocycles. The van der Waals surface area contributed by atoms with Gasteiger partial charge in [0, 0.05) is 5.02 Å². The number of ether oxygens (including phenoxy) is 1. The Morgan fingerprint density at radius 3 is 2.67 bits per heavy atom. The highest BCUT2D eigenvalue weighted by Crippen LogP contribution is 2.27. The number of hydrogen-bond donors (Lipinski definition) is 1. The minimum Gasteiger partial charge on any atom is -0.457 e. The molecule has 3 rings (SSSR count). The van der Waals surface area contributed by atoms with Crippen LogP contribution in [0.4, 0.5) is 10.3 Å². The van der Waals surface area contributed by atoms with Crippen molar-refractivity contribution in [3.05, 3.63) is 70.8 Å². The molecule has 0 spiro atoms. The zero-order chi connectivity index (χ0) is 17.1. The number of anilines is 1. The lowest BCUT2D eigenvalue weighted by atomic mass is 10.2. The number of benzene rings is 2. The van der Waals surface area contributed by atoms with Crippen LogP contribution in [0.1, 0.15) is 11.3 Å². The van der Waals surface area contributed by atoms with Gasteiger partial charge in [0.15, 0.2) is 0 Å². The van der Waals surface area contributed by atoms with E-state index in [9.17, 15) is 4.39 Å². The molecule has 0 radical (unpaired) electrons. The summed E-state index contributed by atoms with van der Waals surface area (Å²) in [4.78, 5) is 4.03. The molecule has 7 heteroatoms. The number of nitrogen functional groups attached to an aromatic ring is 1. The number of rotatable bonds is 4. The van der Waals surface area contributed by atoms with Crippen molar-refractivity contribution >= 4 is 23.8 Å². The SMILES string of the molecule is Cc1cn(N=Cc2c(F)cccc2Oc2ccc(Cl)cc2)c(N)n1. The van der Waals surface area contributed by atoms with Crippen molar-refractivity contribution in [3.8, 4) is 11.5 Å². The standard InChI is InChI=1S/C17H14ClFN4O/c1-11-10-23(17(20)22-11)21-9-14-15(19)3-2-4-16(14)24-13-7-5-12(18)6-8-13/h2-10H,1H3,(H2,20,22). The number of nitrogens with two attached hydrogens (primary N) is 1. The molecule has 0 unspecified atom stereocenters. The van der Waals surface area contributed by atoms with E-state index < -0.39 is 5.82 Å². The molecule has 0 aliphatic carbocycles. The van der Waals surface area contributed by atoms with Crippen LogP contribution in [0.2, 0.25) is 5.02 Å². The molecule has 24 heavy (non-hydrogen) atoms. The fourth-order valence-electron chi connectivity index (χ4n) is 2.08. The first-order valence-electron chi connectivity index (χ1n) is 7.10. The molecule has 0 amide bonds. The minimum atomic E-state index is -0.458. The number of nitrogens with zero attached hydrogens (tertiary/aromatic N) is 3. The second-order valence-corrected chi connectivity index (χ2v) is 5.47. The van der Waals surface area contributed by atoms with E-state index in [1.165, 1.54) is 17.0 Å². The topological polar surface area (TPSA) is 65.4 Å². The zero-order valence-corrected chi connectivity index (χ0v) is 13.5. The molecular formula is C17H14ClFN4O. The molecule has 0 aliphatic rings. The van der Waals surface area contributed by atoms with Crippen LogP contribution in [-0.4, -0.2) is 15.9 Å². The van der Waals surface area contributed by atoms with Gasteiger partial charge in [0.25, 0.3) is 0 Å². The first-order chi connectivity index (χ1) is 11.5. The Labute approximate surface area is 143 Å². The molecule has 0 saturated carbocycles. The van der Waals surface area contributed by atoms with Crippen molar-refractivity contribution in [2.45, 2.75) is 6.92 Å². The van der Waals surface area contributed by atoms with Crippen LogP contribution in [0.25, 0.3) is 0 Å². The van der Waals surface area contributed by atoms with Crippen LogP contribution >= 0.6 is 11.6 Å². The van der Waals surface area contributed by atoms with E-state index >= 15 is 0 Å². The Kier molecular flexibility index (Phi) is 4.48. The Bertz CT molecular complexity index is 890. The van der Waals surface area contributed by atoms with E-state index in [1.807, 2.05) is 0 Å². The fraction of sp³-hybridized carbons (Fsp3) is 0.0588.